The van der Waals surface area contributed by atoms with Gasteiger partial charge in [0.25, 0.3) is 10.0 Å². The van der Waals surface area contributed by atoms with Gasteiger partial charge in [-0.25, -0.2) is 8.42 Å². The van der Waals surface area contributed by atoms with Crippen molar-refractivity contribution < 1.29 is 13.2 Å². The van der Waals surface area contributed by atoms with E-state index in [9.17, 15) is 13.2 Å². The van der Waals surface area contributed by atoms with E-state index in [-0.39, 0.29) is 22.7 Å². The summed E-state index contributed by atoms with van der Waals surface area (Å²) in [5.41, 5.74) is 0.975. The number of hydrogen-bond acceptors (Lipinski definition) is 5. The normalized spacial score (nSPS) is 17.4. The van der Waals surface area contributed by atoms with E-state index in [1.165, 1.54) is 10.4 Å². The molecule has 6 nitrogen and oxygen atoms in total. The lowest BCUT2D eigenvalue weighted by Crippen LogP contribution is -2.51. The number of benzene rings is 1. The summed E-state index contributed by atoms with van der Waals surface area (Å²) in [5.74, 6) is -0.0937. The number of rotatable bonds is 6. The second-order valence-electron chi connectivity index (χ2n) is 6.58. The summed E-state index contributed by atoms with van der Waals surface area (Å²) in [7, 11) is -3.52. The van der Waals surface area contributed by atoms with Gasteiger partial charge in [-0.05, 0) is 36.8 Å². The van der Waals surface area contributed by atoms with Crippen molar-refractivity contribution in [1.29, 1.82) is 0 Å². The molecule has 1 fully saturated rings. The molecule has 1 amide bonds. The molecule has 1 aliphatic rings. The summed E-state index contributed by atoms with van der Waals surface area (Å²) < 4.78 is 27.4. The molecule has 2 heterocycles. The van der Waals surface area contributed by atoms with Crippen LogP contribution in [-0.4, -0.2) is 56.3 Å². The Bertz CT molecular complexity index is 924. The molecule has 152 valence electrons. The van der Waals surface area contributed by atoms with E-state index < -0.39 is 10.0 Å². The smallest absolute Gasteiger partial charge is 0.252 e. The molecule has 1 aliphatic heterocycles. The summed E-state index contributed by atoms with van der Waals surface area (Å²) in [5, 5.41) is 3.62. The molecule has 1 saturated heterocycles. The number of nitrogens with zero attached hydrogens (tertiary/aromatic N) is 2. The van der Waals surface area contributed by atoms with Gasteiger partial charge in [0, 0.05) is 31.2 Å². The van der Waals surface area contributed by atoms with E-state index in [1.807, 2.05) is 24.0 Å². The fourth-order valence-corrected chi connectivity index (χ4v) is 6.20. The van der Waals surface area contributed by atoms with Gasteiger partial charge in [0.05, 0.1) is 16.9 Å². The first-order valence-corrected chi connectivity index (χ1v) is 11.8. The second kappa shape index (κ2) is 9.11. The number of halogens is 2. The summed E-state index contributed by atoms with van der Waals surface area (Å²) in [6.07, 6.45) is 0. The highest BCUT2D eigenvalue weighted by Crippen LogP contribution is 2.28. The van der Waals surface area contributed by atoms with Gasteiger partial charge >= 0.3 is 0 Å². The first kappa shape index (κ1) is 21.5. The Hall–Kier alpha value is -1.16. The van der Waals surface area contributed by atoms with Crippen molar-refractivity contribution in [2.45, 2.75) is 17.2 Å². The number of thiophene rings is 1. The molecule has 1 atom stereocenters. The van der Waals surface area contributed by atoms with E-state index in [4.69, 9.17) is 23.2 Å². The highest BCUT2D eigenvalue weighted by Gasteiger charge is 2.30. The van der Waals surface area contributed by atoms with Crippen LogP contribution in [0.1, 0.15) is 18.5 Å². The molecule has 1 aromatic carbocycles. The maximum atomic E-state index is 12.6. The molecular weight excluding hydrogens is 441 g/mol. The molecule has 1 N–H and O–H groups in total. The third kappa shape index (κ3) is 5.25. The Kier molecular flexibility index (Phi) is 7.01. The highest BCUT2D eigenvalue weighted by atomic mass is 35.5. The molecule has 3 rings (SSSR count). The zero-order valence-corrected chi connectivity index (χ0v) is 18.4. The van der Waals surface area contributed by atoms with Crippen molar-refractivity contribution >= 4 is 50.5 Å². The fraction of sp³-hybridized carbons (Fsp3) is 0.389. The SMILES string of the molecule is CC(NC(=O)CN1CCN(S(=O)(=O)c2ccc(Cl)s2)CC1)c1ccc(Cl)cc1. The molecule has 1 aromatic heterocycles. The average Bonchev–Trinajstić information content (AvgIpc) is 3.10. The minimum Gasteiger partial charge on any atom is -0.348 e. The van der Waals surface area contributed by atoms with Crippen LogP contribution in [-0.2, 0) is 14.8 Å². The topological polar surface area (TPSA) is 69.7 Å². The molecule has 0 radical (unpaired) electrons. The third-order valence-corrected chi connectivity index (χ3v) is 8.44. The van der Waals surface area contributed by atoms with Gasteiger partial charge < -0.3 is 5.32 Å². The largest absolute Gasteiger partial charge is 0.348 e. The second-order valence-corrected chi connectivity index (χ2v) is 10.9. The lowest BCUT2D eigenvalue weighted by atomic mass is 10.1. The predicted molar refractivity (Wildman–Crippen MR) is 113 cm³/mol. The molecule has 28 heavy (non-hydrogen) atoms. The Morgan fingerprint density at radius 1 is 1.11 bits per heavy atom. The van der Waals surface area contributed by atoms with Crippen molar-refractivity contribution in [2.75, 3.05) is 32.7 Å². The van der Waals surface area contributed by atoms with Gasteiger partial charge in [-0.2, -0.15) is 4.31 Å². The van der Waals surface area contributed by atoms with E-state index in [0.29, 0.717) is 35.5 Å². The standard InChI is InChI=1S/C18H21Cl2N3O3S2/c1-13(14-2-4-15(19)5-3-14)21-17(24)12-22-8-10-23(11-9-22)28(25,26)18-7-6-16(20)27-18/h2-7,13H,8-12H2,1H3,(H,21,24). The van der Waals surface area contributed by atoms with Crippen molar-refractivity contribution in [3.63, 3.8) is 0 Å². The molecule has 0 aliphatic carbocycles. The monoisotopic (exact) mass is 461 g/mol. The number of carbonyl (C=O) groups excluding carboxylic acids is 1. The number of amides is 1. The Labute approximate surface area is 179 Å². The lowest BCUT2D eigenvalue weighted by molar-refractivity contribution is -0.123. The van der Waals surface area contributed by atoms with Crippen LogP contribution < -0.4 is 5.32 Å². The Morgan fingerprint density at radius 2 is 1.75 bits per heavy atom. The maximum Gasteiger partial charge on any atom is 0.252 e. The zero-order valence-electron chi connectivity index (χ0n) is 15.3. The van der Waals surface area contributed by atoms with Gasteiger partial charge in [-0.15, -0.1) is 11.3 Å². The van der Waals surface area contributed by atoms with Crippen LogP contribution >= 0.6 is 34.5 Å². The van der Waals surface area contributed by atoms with Crippen LogP contribution in [0.2, 0.25) is 9.36 Å². The molecule has 0 saturated carbocycles. The summed E-state index contributed by atoms with van der Waals surface area (Å²) in [4.78, 5) is 14.3. The van der Waals surface area contributed by atoms with Crippen LogP contribution in [0.3, 0.4) is 0 Å². The predicted octanol–water partition coefficient (Wildman–Crippen LogP) is 3.24. The van der Waals surface area contributed by atoms with Gasteiger partial charge in [0.1, 0.15) is 4.21 Å². The van der Waals surface area contributed by atoms with Crippen molar-refractivity contribution in [3.8, 4) is 0 Å². The number of carbonyl (C=O) groups is 1. The van der Waals surface area contributed by atoms with E-state index in [2.05, 4.69) is 5.32 Å². The van der Waals surface area contributed by atoms with Crippen LogP contribution in [0.4, 0.5) is 0 Å². The number of nitrogens with one attached hydrogen (secondary N) is 1. The maximum absolute atomic E-state index is 12.6. The molecular formula is C18H21Cl2N3O3S2. The van der Waals surface area contributed by atoms with E-state index >= 15 is 0 Å². The van der Waals surface area contributed by atoms with Crippen molar-refractivity contribution in [2.24, 2.45) is 0 Å². The highest BCUT2D eigenvalue weighted by molar-refractivity contribution is 7.91. The quantitative estimate of drug-likeness (QED) is 0.716. The van der Waals surface area contributed by atoms with E-state index in [1.54, 1.807) is 18.2 Å². The zero-order chi connectivity index (χ0) is 20.3. The summed E-state index contributed by atoms with van der Waals surface area (Å²) in [6, 6.07) is 10.3. The van der Waals surface area contributed by atoms with Crippen LogP contribution in [0, 0.1) is 0 Å². The van der Waals surface area contributed by atoms with Crippen molar-refractivity contribution in [3.05, 3.63) is 51.3 Å². The summed E-state index contributed by atoms with van der Waals surface area (Å²) >= 11 is 12.8. The van der Waals surface area contributed by atoms with Gasteiger partial charge in [-0.1, -0.05) is 35.3 Å². The first-order valence-electron chi connectivity index (χ1n) is 8.78. The number of piperazine rings is 1. The van der Waals surface area contributed by atoms with Crippen LogP contribution in [0.15, 0.2) is 40.6 Å². The minimum absolute atomic E-state index is 0.0937. The van der Waals surface area contributed by atoms with Crippen LogP contribution in [0.25, 0.3) is 0 Å². The van der Waals surface area contributed by atoms with Gasteiger partial charge in [0.15, 0.2) is 0 Å². The first-order chi connectivity index (χ1) is 13.3. The molecule has 0 bridgehead atoms. The third-order valence-electron chi connectivity index (χ3n) is 4.59. The van der Waals surface area contributed by atoms with Crippen LogP contribution in [0.5, 0.6) is 0 Å². The molecule has 2 aromatic rings. The lowest BCUT2D eigenvalue weighted by Gasteiger charge is -2.33. The van der Waals surface area contributed by atoms with Gasteiger partial charge in [0.2, 0.25) is 5.91 Å². The number of hydrogen-bond donors (Lipinski definition) is 1. The molecule has 10 heteroatoms. The fourth-order valence-electron chi connectivity index (χ4n) is 3.02. The van der Waals surface area contributed by atoms with Crippen molar-refractivity contribution in [1.82, 2.24) is 14.5 Å². The minimum atomic E-state index is -3.52. The number of sulfonamides is 1. The molecule has 1 unspecified atom stereocenters. The average molecular weight is 462 g/mol. The Morgan fingerprint density at radius 3 is 2.32 bits per heavy atom. The van der Waals surface area contributed by atoms with E-state index in [0.717, 1.165) is 16.9 Å². The Balaban J connectivity index is 1.50. The summed E-state index contributed by atoms with van der Waals surface area (Å²) in [6.45, 7) is 3.84. The molecule has 0 spiro atoms. The van der Waals surface area contributed by atoms with Gasteiger partial charge in [-0.3, -0.25) is 9.69 Å².